The lowest BCUT2D eigenvalue weighted by molar-refractivity contribution is 0.414. The second kappa shape index (κ2) is 8.83. The lowest BCUT2D eigenvalue weighted by atomic mass is 10.0. The molecule has 0 fully saturated rings. The van der Waals surface area contributed by atoms with Crippen LogP contribution in [0.3, 0.4) is 0 Å². The Hall–Kier alpha value is -3.93. The first-order chi connectivity index (χ1) is 15.1. The second-order valence-electron chi connectivity index (χ2n) is 6.95. The summed E-state index contributed by atoms with van der Waals surface area (Å²) in [6.45, 7) is 0.461. The van der Waals surface area contributed by atoms with Gasteiger partial charge in [-0.3, -0.25) is 0 Å². The number of benzene rings is 3. The molecule has 0 aliphatic rings. The van der Waals surface area contributed by atoms with Gasteiger partial charge < -0.3 is 23.9 Å². The van der Waals surface area contributed by atoms with Gasteiger partial charge in [-0.05, 0) is 53.6 Å². The minimum absolute atomic E-state index is 0.397. The topological polar surface area (TPSA) is 69.9 Å². The monoisotopic (exact) mass is 417 g/mol. The largest absolute Gasteiger partial charge is 0.497 e. The van der Waals surface area contributed by atoms with Crippen LogP contribution >= 0.6 is 0 Å². The van der Waals surface area contributed by atoms with Crippen LogP contribution in [0.5, 0.6) is 17.2 Å². The summed E-state index contributed by atoms with van der Waals surface area (Å²) < 4.78 is 21.4. The summed E-state index contributed by atoms with van der Waals surface area (Å²) >= 11 is 0. The molecule has 0 radical (unpaired) electrons. The van der Waals surface area contributed by atoms with E-state index in [0.717, 1.165) is 39.3 Å². The molecule has 4 rings (SSSR count). The van der Waals surface area contributed by atoms with Gasteiger partial charge >= 0.3 is 5.63 Å². The van der Waals surface area contributed by atoms with E-state index in [4.69, 9.17) is 18.6 Å². The molecule has 4 aromatic rings. The van der Waals surface area contributed by atoms with E-state index in [1.807, 2.05) is 54.6 Å². The van der Waals surface area contributed by atoms with Crippen LogP contribution in [0, 0.1) is 0 Å². The van der Waals surface area contributed by atoms with Gasteiger partial charge in [0.1, 0.15) is 22.8 Å². The fourth-order valence-electron chi connectivity index (χ4n) is 3.49. The third-order valence-electron chi connectivity index (χ3n) is 5.12. The predicted octanol–water partition coefficient (Wildman–Crippen LogP) is 5.10. The number of methoxy groups -OCH3 is 3. The van der Waals surface area contributed by atoms with Gasteiger partial charge in [-0.25, -0.2) is 4.79 Å². The Labute approximate surface area is 180 Å². The van der Waals surface area contributed by atoms with Crippen molar-refractivity contribution in [3.8, 4) is 28.4 Å². The molecule has 158 valence electrons. The summed E-state index contributed by atoms with van der Waals surface area (Å²) in [4.78, 5) is 12.0. The van der Waals surface area contributed by atoms with Crippen LogP contribution in [-0.2, 0) is 6.54 Å². The molecule has 0 bridgehead atoms. The van der Waals surface area contributed by atoms with Gasteiger partial charge in [0.15, 0.2) is 0 Å². The first-order valence-corrected chi connectivity index (χ1v) is 9.78. The number of fused-ring (bicyclic) bond motifs is 1. The predicted molar refractivity (Wildman–Crippen MR) is 121 cm³/mol. The number of ether oxygens (including phenoxy) is 3. The zero-order valence-electron chi connectivity index (χ0n) is 17.6. The van der Waals surface area contributed by atoms with Crippen LogP contribution in [0.25, 0.3) is 22.1 Å². The van der Waals surface area contributed by atoms with Crippen LogP contribution in [0.2, 0.25) is 0 Å². The van der Waals surface area contributed by atoms with E-state index >= 15 is 0 Å². The van der Waals surface area contributed by atoms with Gasteiger partial charge in [-0.15, -0.1) is 0 Å². The van der Waals surface area contributed by atoms with Gasteiger partial charge in [-0.1, -0.05) is 12.1 Å². The second-order valence-corrected chi connectivity index (χ2v) is 6.95. The fourth-order valence-corrected chi connectivity index (χ4v) is 3.49. The number of hydrogen-bond acceptors (Lipinski definition) is 6. The van der Waals surface area contributed by atoms with Crippen molar-refractivity contribution in [2.75, 3.05) is 26.6 Å². The summed E-state index contributed by atoms with van der Waals surface area (Å²) in [5, 5.41) is 4.26. The minimum Gasteiger partial charge on any atom is -0.497 e. The molecule has 1 aromatic heterocycles. The van der Waals surface area contributed by atoms with Crippen LogP contribution in [0.4, 0.5) is 5.69 Å². The summed E-state index contributed by atoms with van der Waals surface area (Å²) in [5.74, 6) is 2.21. The van der Waals surface area contributed by atoms with E-state index in [1.54, 1.807) is 27.4 Å². The first-order valence-electron chi connectivity index (χ1n) is 9.78. The van der Waals surface area contributed by atoms with Crippen LogP contribution in [-0.4, -0.2) is 21.3 Å². The molecule has 31 heavy (non-hydrogen) atoms. The molecule has 0 amide bonds. The van der Waals surface area contributed by atoms with Gasteiger partial charge in [0.2, 0.25) is 0 Å². The Morgan fingerprint density at radius 3 is 2.26 bits per heavy atom. The Morgan fingerprint density at radius 2 is 1.55 bits per heavy atom. The highest BCUT2D eigenvalue weighted by molar-refractivity contribution is 5.82. The van der Waals surface area contributed by atoms with Crippen LogP contribution in [0.15, 0.2) is 75.9 Å². The molecule has 6 heteroatoms. The number of rotatable bonds is 7. The zero-order chi connectivity index (χ0) is 21.8. The highest BCUT2D eigenvalue weighted by Crippen LogP contribution is 2.34. The van der Waals surface area contributed by atoms with E-state index in [2.05, 4.69) is 5.32 Å². The Morgan fingerprint density at radius 1 is 0.806 bits per heavy atom. The normalized spacial score (nSPS) is 10.7. The Bertz CT molecular complexity index is 1260. The molecule has 0 aliphatic carbocycles. The third-order valence-corrected chi connectivity index (χ3v) is 5.12. The standard InChI is InChI=1S/C25H23NO5/c1-28-19-7-4-16(5-8-19)22-13-18(6-11-23(22)30-3)26-15-17-12-25(27)31-24-14-20(29-2)9-10-21(17)24/h4-14,26H,15H2,1-3H3. The molecular formula is C25H23NO5. The third kappa shape index (κ3) is 4.33. The number of hydrogen-bond donors (Lipinski definition) is 1. The number of nitrogens with one attached hydrogen (secondary N) is 1. The van der Waals surface area contributed by atoms with Crippen LogP contribution in [0.1, 0.15) is 5.56 Å². The van der Waals surface area contributed by atoms with Crippen LogP contribution < -0.4 is 25.2 Å². The van der Waals surface area contributed by atoms with Crippen molar-refractivity contribution in [2.45, 2.75) is 6.54 Å². The van der Waals surface area contributed by atoms with Gasteiger partial charge in [0.05, 0.1) is 21.3 Å². The van der Waals surface area contributed by atoms with Gasteiger partial charge in [0.25, 0.3) is 0 Å². The Balaban J connectivity index is 1.64. The quantitative estimate of drug-likeness (QED) is 0.422. The van der Waals surface area contributed by atoms with Crippen molar-refractivity contribution < 1.29 is 18.6 Å². The fraction of sp³-hybridized carbons (Fsp3) is 0.160. The zero-order valence-corrected chi connectivity index (χ0v) is 17.6. The summed E-state index contributed by atoms with van der Waals surface area (Å²) in [5.41, 5.74) is 3.82. The lowest BCUT2D eigenvalue weighted by Gasteiger charge is -2.14. The van der Waals surface area contributed by atoms with E-state index in [-0.39, 0.29) is 0 Å². The highest BCUT2D eigenvalue weighted by Gasteiger charge is 2.10. The summed E-state index contributed by atoms with van der Waals surface area (Å²) in [6.07, 6.45) is 0. The SMILES string of the molecule is COc1ccc(-c2cc(NCc3cc(=O)oc4cc(OC)ccc34)ccc2OC)cc1. The summed E-state index contributed by atoms with van der Waals surface area (Å²) in [7, 11) is 4.87. The van der Waals surface area contributed by atoms with Crippen molar-refractivity contribution in [1.82, 2.24) is 0 Å². The first kappa shape index (κ1) is 20.3. The highest BCUT2D eigenvalue weighted by atomic mass is 16.5. The average molecular weight is 417 g/mol. The van der Waals surface area contributed by atoms with E-state index in [1.165, 1.54) is 6.07 Å². The maximum absolute atomic E-state index is 12.0. The maximum Gasteiger partial charge on any atom is 0.336 e. The van der Waals surface area contributed by atoms with E-state index < -0.39 is 5.63 Å². The maximum atomic E-state index is 12.0. The molecule has 1 heterocycles. The van der Waals surface area contributed by atoms with Crippen molar-refractivity contribution in [3.63, 3.8) is 0 Å². The molecule has 0 saturated carbocycles. The molecular weight excluding hydrogens is 394 g/mol. The van der Waals surface area contributed by atoms with Gasteiger partial charge in [0, 0.05) is 35.3 Å². The molecule has 0 spiro atoms. The molecule has 1 N–H and O–H groups in total. The lowest BCUT2D eigenvalue weighted by Crippen LogP contribution is -2.06. The summed E-state index contributed by atoms with van der Waals surface area (Å²) in [6, 6.07) is 20.7. The molecule has 0 saturated heterocycles. The number of anilines is 1. The minimum atomic E-state index is -0.397. The molecule has 0 atom stereocenters. The van der Waals surface area contributed by atoms with E-state index in [0.29, 0.717) is 17.9 Å². The molecule has 0 unspecified atom stereocenters. The van der Waals surface area contributed by atoms with E-state index in [9.17, 15) is 4.79 Å². The Kier molecular flexibility index (Phi) is 5.80. The smallest absolute Gasteiger partial charge is 0.336 e. The average Bonchev–Trinajstić information content (AvgIpc) is 2.81. The molecule has 6 nitrogen and oxygen atoms in total. The van der Waals surface area contributed by atoms with Gasteiger partial charge in [-0.2, -0.15) is 0 Å². The van der Waals surface area contributed by atoms with Crippen molar-refractivity contribution >= 4 is 16.7 Å². The molecule has 0 aliphatic heterocycles. The van der Waals surface area contributed by atoms with Crippen molar-refractivity contribution in [3.05, 3.63) is 82.7 Å². The molecule has 3 aromatic carbocycles. The van der Waals surface area contributed by atoms with Crippen molar-refractivity contribution in [2.24, 2.45) is 0 Å². The van der Waals surface area contributed by atoms with Crippen molar-refractivity contribution in [1.29, 1.82) is 0 Å².